The highest BCUT2D eigenvalue weighted by Crippen LogP contribution is 2.13. The van der Waals surface area contributed by atoms with Gasteiger partial charge in [-0.25, -0.2) is 14.5 Å². The molecule has 0 aliphatic rings. The van der Waals surface area contributed by atoms with Crippen LogP contribution in [-0.4, -0.2) is 19.6 Å². The van der Waals surface area contributed by atoms with Crippen molar-refractivity contribution < 1.29 is 0 Å². The molecular weight excluding hydrogens is 200 g/mol. The molecule has 5 heteroatoms. The molecule has 0 saturated carbocycles. The zero-order valence-electron chi connectivity index (χ0n) is 8.16. The highest BCUT2D eigenvalue weighted by Gasteiger charge is 2.07. The Bertz CT molecular complexity index is 463. The summed E-state index contributed by atoms with van der Waals surface area (Å²) in [6.45, 7) is 3.96. The lowest BCUT2D eigenvalue weighted by molar-refractivity contribution is 0.852. The summed E-state index contributed by atoms with van der Waals surface area (Å²) in [7, 11) is 0. The molecule has 0 unspecified atom stereocenters. The third kappa shape index (κ3) is 1.57. The largest absolute Gasteiger partial charge is 0.236 e. The molecule has 0 spiro atoms. The molecule has 0 N–H and O–H groups in total. The molecule has 2 aromatic rings. The molecular formula is C9H11ClN4. The monoisotopic (exact) mass is 210 g/mol. The molecule has 0 atom stereocenters. The fourth-order valence-electron chi connectivity index (χ4n) is 1.43. The summed E-state index contributed by atoms with van der Waals surface area (Å²) in [5.74, 6) is 0.742. The second-order valence-electron chi connectivity index (χ2n) is 3.19. The van der Waals surface area contributed by atoms with Crippen molar-refractivity contribution in [3.63, 3.8) is 0 Å². The maximum atomic E-state index is 5.87. The Labute approximate surface area is 86.9 Å². The lowest BCUT2D eigenvalue weighted by Gasteiger charge is -2.00. The van der Waals surface area contributed by atoms with Crippen molar-refractivity contribution in [2.24, 2.45) is 0 Å². The molecule has 2 heterocycles. The van der Waals surface area contributed by atoms with Crippen LogP contribution >= 0.6 is 11.6 Å². The van der Waals surface area contributed by atoms with Gasteiger partial charge in [-0.1, -0.05) is 24.9 Å². The summed E-state index contributed by atoms with van der Waals surface area (Å²) in [4.78, 5) is 8.55. The lowest BCUT2D eigenvalue weighted by Crippen LogP contribution is -1.97. The first-order chi connectivity index (χ1) is 6.70. The minimum atomic E-state index is 0.464. The number of nitrogens with zero attached hydrogens (tertiary/aromatic N) is 4. The van der Waals surface area contributed by atoms with Gasteiger partial charge in [0, 0.05) is 0 Å². The van der Waals surface area contributed by atoms with Crippen molar-refractivity contribution in [2.75, 3.05) is 0 Å². The smallest absolute Gasteiger partial charge is 0.177 e. The minimum absolute atomic E-state index is 0.464. The Morgan fingerprint density at radius 3 is 2.93 bits per heavy atom. The maximum absolute atomic E-state index is 5.87. The molecule has 4 nitrogen and oxygen atoms in total. The Morgan fingerprint density at radius 2 is 2.21 bits per heavy atom. The molecule has 0 radical (unpaired) electrons. The van der Waals surface area contributed by atoms with Gasteiger partial charge in [-0.05, 0) is 13.3 Å². The highest BCUT2D eigenvalue weighted by molar-refractivity contribution is 6.29. The number of hydrogen-bond acceptors (Lipinski definition) is 3. The van der Waals surface area contributed by atoms with E-state index < -0.39 is 0 Å². The van der Waals surface area contributed by atoms with Crippen LogP contribution in [0.15, 0.2) is 6.20 Å². The molecule has 2 aromatic heterocycles. The molecule has 0 aromatic carbocycles. The molecule has 2 rings (SSSR count). The topological polar surface area (TPSA) is 43.1 Å². The summed E-state index contributed by atoms with van der Waals surface area (Å²) >= 11 is 5.87. The van der Waals surface area contributed by atoms with Crippen LogP contribution in [-0.2, 0) is 6.42 Å². The van der Waals surface area contributed by atoms with Gasteiger partial charge < -0.3 is 0 Å². The van der Waals surface area contributed by atoms with Gasteiger partial charge in [0.1, 0.15) is 11.0 Å². The van der Waals surface area contributed by atoms with E-state index in [-0.39, 0.29) is 0 Å². The number of fused-ring (bicyclic) bond motifs is 1. The average molecular weight is 211 g/mol. The second kappa shape index (κ2) is 3.53. The molecule has 0 aliphatic heterocycles. The zero-order valence-corrected chi connectivity index (χ0v) is 8.91. The minimum Gasteiger partial charge on any atom is -0.236 e. The van der Waals surface area contributed by atoms with E-state index in [1.165, 1.54) is 0 Å². The first-order valence-corrected chi connectivity index (χ1v) is 4.97. The number of halogens is 1. The van der Waals surface area contributed by atoms with Crippen molar-refractivity contribution >= 4 is 17.2 Å². The van der Waals surface area contributed by atoms with E-state index in [0.29, 0.717) is 5.15 Å². The third-order valence-corrected chi connectivity index (χ3v) is 2.13. The molecule has 0 saturated heterocycles. The van der Waals surface area contributed by atoms with Gasteiger partial charge in [-0.15, -0.1) is 0 Å². The van der Waals surface area contributed by atoms with E-state index in [1.807, 2.05) is 6.92 Å². The molecule has 0 amide bonds. The van der Waals surface area contributed by atoms with Gasteiger partial charge in [0.25, 0.3) is 0 Å². The summed E-state index contributed by atoms with van der Waals surface area (Å²) in [6.07, 6.45) is 3.58. The van der Waals surface area contributed by atoms with Gasteiger partial charge in [0.2, 0.25) is 0 Å². The van der Waals surface area contributed by atoms with E-state index in [9.17, 15) is 0 Å². The molecule has 0 fully saturated rings. The Hall–Kier alpha value is -1.16. The van der Waals surface area contributed by atoms with Crippen LogP contribution in [0.4, 0.5) is 0 Å². The van der Waals surface area contributed by atoms with Crippen LogP contribution in [0.3, 0.4) is 0 Å². The van der Waals surface area contributed by atoms with E-state index in [2.05, 4.69) is 22.0 Å². The Morgan fingerprint density at radius 1 is 1.43 bits per heavy atom. The lowest BCUT2D eigenvalue weighted by atomic mass is 10.2. The van der Waals surface area contributed by atoms with Crippen molar-refractivity contribution in [3.8, 4) is 0 Å². The van der Waals surface area contributed by atoms with Crippen LogP contribution in [0.2, 0.25) is 5.15 Å². The van der Waals surface area contributed by atoms with Gasteiger partial charge in [-0.3, -0.25) is 0 Å². The average Bonchev–Trinajstić information content (AvgIpc) is 2.45. The zero-order chi connectivity index (χ0) is 10.1. The number of hydrogen-bond donors (Lipinski definition) is 0. The predicted octanol–water partition coefficient (Wildman–Crippen LogP) is 2.04. The molecule has 0 aliphatic carbocycles. The quantitative estimate of drug-likeness (QED) is 0.762. The van der Waals surface area contributed by atoms with Gasteiger partial charge in [0.15, 0.2) is 5.65 Å². The van der Waals surface area contributed by atoms with E-state index in [0.717, 1.165) is 30.0 Å². The van der Waals surface area contributed by atoms with E-state index in [4.69, 9.17) is 11.6 Å². The third-order valence-electron chi connectivity index (χ3n) is 1.95. The molecule has 0 bridgehead atoms. The summed E-state index contributed by atoms with van der Waals surface area (Å²) < 4.78 is 1.69. The molecule has 74 valence electrons. The fraction of sp³-hybridized carbons (Fsp3) is 0.444. The van der Waals surface area contributed by atoms with Crippen LogP contribution in [0.5, 0.6) is 0 Å². The second-order valence-corrected chi connectivity index (χ2v) is 3.57. The van der Waals surface area contributed by atoms with Crippen LogP contribution < -0.4 is 0 Å². The van der Waals surface area contributed by atoms with Crippen molar-refractivity contribution in [1.29, 1.82) is 0 Å². The van der Waals surface area contributed by atoms with Gasteiger partial charge >= 0.3 is 0 Å². The van der Waals surface area contributed by atoms with Gasteiger partial charge in [-0.2, -0.15) is 5.10 Å². The summed E-state index contributed by atoms with van der Waals surface area (Å²) in [5, 5.41) is 4.66. The van der Waals surface area contributed by atoms with Crippen LogP contribution in [0.25, 0.3) is 5.65 Å². The molecule has 14 heavy (non-hydrogen) atoms. The van der Waals surface area contributed by atoms with E-state index >= 15 is 0 Å². The van der Waals surface area contributed by atoms with E-state index in [1.54, 1.807) is 10.7 Å². The fourth-order valence-corrected chi connectivity index (χ4v) is 1.62. The number of rotatable bonds is 2. The van der Waals surface area contributed by atoms with Gasteiger partial charge in [0.05, 0.1) is 11.9 Å². The normalized spacial score (nSPS) is 11.1. The SMILES string of the molecule is CCCc1nc(Cl)cn2nc(C)nc12. The Balaban J connectivity index is 2.66. The number of aryl methyl sites for hydroxylation is 2. The Kier molecular flexibility index (Phi) is 2.37. The van der Waals surface area contributed by atoms with Crippen molar-refractivity contribution in [1.82, 2.24) is 19.6 Å². The summed E-state index contributed by atoms with van der Waals surface area (Å²) in [6, 6.07) is 0. The van der Waals surface area contributed by atoms with Crippen LogP contribution in [0.1, 0.15) is 24.9 Å². The highest BCUT2D eigenvalue weighted by atomic mass is 35.5. The summed E-state index contributed by atoms with van der Waals surface area (Å²) in [5.41, 5.74) is 1.73. The number of aromatic nitrogens is 4. The predicted molar refractivity (Wildman–Crippen MR) is 54.5 cm³/mol. The van der Waals surface area contributed by atoms with Crippen LogP contribution in [0, 0.1) is 6.92 Å². The first-order valence-electron chi connectivity index (χ1n) is 4.59. The van der Waals surface area contributed by atoms with Crippen molar-refractivity contribution in [3.05, 3.63) is 22.9 Å². The first kappa shape index (κ1) is 9.40. The maximum Gasteiger partial charge on any atom is 0.177 e. The van der Waals surface area contributed by atoms with Crippen molar-refractivity contribution in [2.45, 2.75) is 26.7 Å². The standard InChI is InChI=1S/C9H11ClN4/c1-3-4-7-9-11-6(2)13-14(9)5-8(10)12-7/h5H,3-4H2,1-2H3.